The standard InChI is InChI=1S/C13H8Br2F2N2O2/c14-6-1-3-9(8(16)5-6)21-10-4-2-7(13(18)19-20)11(15)12(10)17/h1-5,20H,(H2,18,19). The summed E-state index contributed by atoms with van der Waals surface area (Å²) in [6, 6.07) is 6.77. The molecule has 0 aliphatic carbocycles. The number of benzene rings is 2. The van der Waals surface area contributed by atoms with E-state index in [2.05, 4.69) is 37.0 Å². The Bertz CT molecular complexity index is 724. The first-order valence-electron chi connectivity index (χ1n) is 5.53. The highest BCUT2D eigenvalue weighted by molar-refractivity contribution is 9.10. The van der Waals surface area contributed by atoms with Crippen molar-refractivity contribution in [3.8, 4) is 11.5 Å². The number of hydrogen-bond acceptors (Lipinski definition) is 3. The second-order valence-corrected chi connectivity index (χ2v) is 5.61. The van der Waals surface area contributed by atoms with Crippen molar-refractivity contribution >= 4 is 37.7 Å². The van der Waals surface area contributed by atoms with Crippen molar-refractivity contribution in [2.45, 2.75) is 0 Å². The molecule has 0 atom stereocenters. The van der Waals surface area contributed by atoms with E-state index in [0.717, 1.165) is 0 Å². The molecule has 110 valence electrons. The molecule has 0 amide bonds. The summed E-state index contributed by atoms with van der Waals surface area (Å²) in [6.45, 7) is 0. The second kappa shape index (κ2) is 6.40. The van der Waals surface area contributed by atoms with Gasteiger partial charge in [-0.05, 0) is 46.3 Å². The van der Waals surface area contributed by atoms with Gasteiger partial charge in [0.05, 0.1) is 4.47 Å². The number of oxime groups is 1. The minimum absolute atomic E-state index is 0.0483. The molecule has 2 aromatic carbocycles. The van der Waals surface area contributed by atoms with Gasteiger partial charge in [-0.2, -0.15) is 0 Å². The van der Waals surface area contributed by atoms with Crippen LogP contribution < -0.4 is 10.5 Å². The largest absolute Gasteiger partial charge is 0.451 e. The minimum Gasteiger partial charge on any atom is -0.451 e. The molecule has 2 aromatic rings. The van der Waals surface area contributed by atoms with Crippen LogP contribution in [0.4, 0.5) is 8.78 Å². The number of nitrogens with two attached hydrogens (primary N) is 1. The Hall–Kier alpha value is -1.67. The maximum absolute atomic E-state index is 14.2. The van der Waals surface area contributed by atoms with E-state index in [-0.39, 0.29) is 27.4 Å². The molecule has 0 heterocycles. The van der Waals surface area contributed by atoms with Gasteiger partial charge < -0.3 is 15.7 Å². The van der Waals surface area contributed by atoms with Crippen LogP contribution in [0.3, 0.4) is 0 Å². The van der Waals surface area contributed by atoms with Crippen LogP contribution in [0.25, 0.3) is 0 Å². The average molecular weight is 422 g/mol. The van der Waals surface area contributed by atoms with Crippen molar-refractivity contribution in [2.24, 2.45) is 10.9 Å². The Balaban J connectivity index is 2.40. The van der Waals surface area contributed by atoms with Gasteiger partial charge in [0.15, 0.2) is 29.0 Å². The predicted octanol–water partition coefficient (Wildman–Crippen LogP) is 4.38. The molecule has 0 aromatic heterocycles. The van der Waals surface area contributed by atoms with Crippen LogP contribution in [-0.2, 0) is 0 Å². The molecular weight excluding hydrogens is 414 g/mol. The fraction of sp³-hybridized carbons (Fsp3) is 0. The third-order valence-corrected chi connectivity index (χ3v) is 3.81. The molecule has 0 fully saturated rings. The lowest BCUT2D eigenvalue weighted by atomic mass is 10.2. The van der Waals surface area contributed by atoms with Crippen molar-refractivity contribution in [1.29, 1.82) is 0 Å². The fourth-order valence-corrected chi connectivity index (χ4v) is 2.40. The molecule has 0 aliphatic heterocycles. The zero-order chi connectivity index (χ0) is 15.6. The van der Waals surface area contributed by atoms with Crippen molar-refractivity contribution in [3.63, 3.8) is 0 Å². The number of amidine groups is 1. The first-order valence-corrected chi connectivity index (χ1v) is 7.11. The molecular formula is C13H8Br2F2N2O2. The molecule has 0 saturated heterocycles. The van der Waals surface area contributed by atoms with Crippen molar-refractivity contribution < 1.29 is 18.7 Å². The Morgan fingerprint density at radius 1 is 1.14 bits per heavy atom. The molecule has 8 heteroatoms. The molecule has 0 radical (unpaired) electrons. The molecule has 0 spiro atoms. The smallest absolute Gasteiger partial charge is 0.180 e. The van der Waals surface area contributed by atoms with Crippen LogP contribution in [0.2, 0.25) is 0 Å². The molecule has 0 unspecified atom stereocenters. The van der Waals surface area contributed by atoms with E-state index >= 15 is 0 Å². The van der Waals surface area contributed by atoms with Crippen LogP contribution in [0.1, 0.15) is 5.56 Å². The van der Waals surface area contributed by atoms with E-state index in [1.54, 1.807) is 6.07 Å². The average Bonchev–Trinajstić information content (AvgIpc) is 2.46. The number of hydrogen-bond donors (Lipinski definition) is 2. The van der Waals surface area contributed by atoms with Gasteiger partial charge in [0.2, 0.25) is 0 Å². The Kier molecular flexibility index (Phi) is 4.79. The van der Waals surface area contributed by atoms with Gasteiger partial charge in [0, 0.05) is 10.0 Å². The van der Waals surface area contributed by atoms with Crippen LogP contribution in [0, 0.1) is 11.6 Å². The van der Waals surface area contributed by atoms with Crippen LogP contribution in [0.15, 0.2) is 44.4 Å². The monoisotopic (exact) mass is 420 g/mol. The highest BCUT2D eigenvalue weighted by Gasteiger charge is 2.16. The highest BCUT2D eigenvalue weighted by atomic mass is 79.9. The summed E-state index contributed by atoms with van der Waals surface area (Å²) in [5, 5.41) is 11.4. The molecule has 4 nitrogen and oxygen atoms in total. The van der Waals surface area contributed by atoms with Gasteiger partial charge in [0.1, 0.15) is 0 Å². The molecule has 2 rings (SSSR count). The van der Waals surface area contributed by atoms with E-state index < -0.39 is 11.6 Å². The van der Waals surface area contributed by atoms with Crippen LogP contribution in [0.5, 0.6) is 11.5 Å². The van der Waals surface area contributed by atoms with Gasteiger partial charge in [-0.3, -0.25) is 0 Å². The van der Waals surface area contributed by atoms with E-state index in [0.29, 0.717) is 4.47 Å². The Labute approximate surface area is 135 Å². The molecule has 0 bridgehead atoms. The summed E-state index contributed by atoms with van der Waals surface area (Å²) in [4.78, 5) is 0. The molecule has 0 saturated carbocycles. The summed E-state index contributed by atoms with van der Waals surface area (Å²) in [5.41, 5.74) is 5.56. The van der Waals surface area contributed by atoms with Crippen LogP contribution in [-0.4, -0.2) is 11.0 Å². The van der Waals surface area contributed by atoms with Gasteiger partial charge in [-0.25, -0.2) is 8.78 Å². The van der Waals surface area contributed by atoms with E-state index in [9.17, 15) is 8.78 Å². The topological polar surface area (TPSA) is 67.8 Å². The molecule has 0 aliphatic rings. The van der Waals surface area contributed by atoms with E-state index in [1.807, 2.05) is 0 Å². The van der Waals surface area contributed by atoms with E-state index in [1.165, 1.54) is 24.3 Å². The summed E-state index contributed by atoms with van der Waals surface area (Å²) >= 11 is 6.10. The molecule has 3 N–H and O–H groups in total. The van der Waals surface area contributed by atoms with E-state index in [4.69, 9.17) is 15.7 Å². The van der Waals surface area contributed by atoms with Crippen molar-refractivity contribution in [3.05, 3.63) is 56.5 Å². The van der Waals surface area contributed by atoms with Crippen molar-refractivity contribution in [2.75, 3.05) is 0 Å². The minimum atomic E-state index is -0.790. The number of halogens is 4. The normalized spacial score (nSPS) is 11.5. The third kappa shape index (κ3) is 3.33. The lowest BCUT2D eigenvalue weighted by Gasteiger charge is -2.11. The molecule has 21 heavy (non-hydrogen) atoms. The lowest BCUT2D eigenvalue weighted by Crippen LogP contribution is -2.14. The maximum atomic E-state index is 14.2. The highest BCUT2D eigenvalue weighted by Crippen LogP contribution is 2.33. The van der Waals surface area contributed by atoms with Crippen LogP contribution >= 0.6 is 31.9 Å². The Morgan fingerprint density at radius 3 is 2.43 bits per heavy atom. The maximum Gasteiger partial charge on any atom is 0.180 e. The Morgan fingerprint density at radius 2 is 1.81 bits per heavy atom. The van der Waals surface area contributed by atoms with Gasteiger partial charge in [-0.1, -0.05) is 21.1 Å². The zero-order valence-corrected chi connectivity index (χ0v) is 13.5. The second-order valence-electron chi connectivity index (χ2n) is 3.90. The van der Waals surface area contributed by atoms with Crippen molar-refractivity contribution in [1.82, 2.24) is 0 Å². The van der Waals surface area contributed by atoms with Gasteiger partial charge in [-0.15, -0.1) is 0 Å². The summed E-state index contributed by atoms with van der Waals surface area (Å²) < 4.78 is 33.5. The zero-order valence-electron chi connectivity index (χ0n) is 10.3. The first kappa shape index (κ1) is 15.7. The van der Waals surface area contributed by atoms with Gasteiger partial charge in [0.25, 0.3) is 0 Å². The third-order valence-electron chi connectivity index (χ3n) is 2.54. The summed E-state index contributed by atoms with van der Waals surface area (Å²) in [7, 11) is 0. The quantitative estimate of drug-likeness (QED) is 0.334. The van der Waals surface area contributed by atoms with Gasteiger partial charge >= 0.3 is 0 Å². The predicted molar refractivity (Wildman–Crippen MR) is 80.8 cm³/mol. The number of rotatable bonds is 3. The SMILES string of the molecule is N/C(=N/O)c1ccc(Oc2ccc(Br)cc2F)c(F)c1Br. The number of ether oxygens (including phenoxy) is 1. The fourth-order valence-electron chi connectivity index (χ4n) is 1.54. The first-order chi connectivity index (χ1) is 9.93. The summed E-state index contributed by atoms with van der Waals surface area (Å²) in [6.07, 6.45) is 0. The summed E-state index contributed by atoms with van der Waals surface area (Å²) in [5.74, 6) is -2.01. The number of nitrogens with zero attached hydrogens (tertiary/aromatic N) is 1. The lowest BCUT2D eigenvalue weighted by molar-refractivity contribution is 0.318.